The van der Waals surface area contributed by atoms with Gasteiger partial charge in [-0.15, -0.1) is 0 Å². The molecule has 0 radical (unpaired) electrons. The van der Waals surface area contributed by atoms with E-state index in [0.717, 1.165) is 39.1 Å². The second kappa shape index (κ2) is 8.51. The van der Waals surface area contributed by atoms with Gasteiger partial charge in [-0.1, -0.05) is 41.4 Å². The van der Waals surface area contributed by atoms with E-state index in [0.29, 0.717) is 35.4 Å². The van der Waals surface area contributed by atoms with Crippen LogP contribution in [0.1, 0.15) is 11.1 Å². The molecule has 3 aromatic carbocycles. The summed E-state index contributed by atoms with van der Waals surface area (Å²) in [7, 11) is 1.62. The van der Waals surface area contributed by atoms with Gasteiger partial charge in [-0.2, -0.15) is 0 Å². The minimum atomic E-state index is -0.395. The number of nitrogens with one attached hydrogen (secondary N) is 1. The number of halogens is 2. The highest BCUT2D eigenvalue weighted by atomic mass is 35.5. The van der Waals surface area contributed by atoms with Crippen LogP contribution in [-0.2, 0) is 13.1 Å². The first-order chi connectivity index (χ1) is 15.5. The third-order valence-corrected chi connectivity index (χ3v) is 6.41. The van der Waals surface area contributed by atoms with Crippen LogP contribution >= 0.6 is 23.2 Å². The number of fused-ring (bicyclic) bond motifs is 3. The van der Waals surface area contributed by atoms with Crippen LogP contribution in [0.3, 0.4) is 0 Å². The molecule has 5 nitrogen and oxygen atoms in total. The lowest BCUT2D eigenvalue weighted by atomic mass is 9.99. The zero-order chi connectivity index (χ0) is 22.2. The van der Waals surface area contributed by atoms with Crippen molar-refractivity contribution in [1.29, 1.82) is 0 Å². The molecule has 0 bridgehead atoms. The van der Waals surface area contributed by atoms with Crippen LogP contribution in [0.2, 0.25) is 10.0 Å². The molecule has 0 amide bonds. The third-order valence-electron chi connectivity index (χ3n) is 5.67. The summed E-state index contributed by atoms with van der Waals surface area (Å²) in [4.78, 5) is 13.6. The fourth-order valence-electron chi connectivity index (χ4n) is 4.11. The Bertz CT molecular complexity index is 1370. The predicted molar refractivity (Wildman–Crippen MR) is 125 cm³/mol. The largest absolute Gasteiger partial charge is 0.497 e. The summed E-state index contributed by atoms with van der Waals surface area (Å²) < 4.78 is 16.9. The van der Waals surface area contributed by atoms with Crippen LogP contribution in [0.4, 0.5) is 0 Å². The van der Waals surface area contributed by atoms with E-state index in [-0.39, 0.29) is 0 Å². The topological polar surface area (TPSA) is 53.1 Å². The second-order valence-electron chi connectivity index (χ2n) is 7.77. The van der Waals surface area contributed by atoms with E-state index in [1.807, 2.05) is 48.5 Å². The van der Waals surface area contributed by atoms with E-state index in [4.69, 9.17) is 37.1 Å². The molecule has 0 saturated carbocycles. The molecule has 0 saturated heterocycles. The molecule has 0 aliphatic carbocycles. The molecule has 0 spiro atoms. The summed E-state index contributed by atoms with van der Waals surface area (Å²) >= 11 is 12.2. The van der Waals surface area contributed by atoms with Gasteiger partial charge in [0.15, 0.2) is 5.58 Å². The van der Waals surface area contributed by atoms with Crippen LogP contribution in [0, 0.1) is 0 Å². The molecule has 0 fully saturated rings. The minimum absolute atomic E-state index is 0.395. The lowest BCUT2D eigenvalue weighted by Crippen LogP contribution is -3.10. The van der Waals surface area contributed by atoms with Gasteiger partial charge in [0, 0.05) is 17.0 Å². The summed E-state index contributed by atoms with van der Waals surface area (Å²) in [6, 6.07) is 18.7. The summed E-state index contributed by atoms with van der Waals surface area (Å²) in [5.74, 6) is 1.50. The van der Waals surface area contributed by atoms with E-state index < -0.39 is 5.63 Å². The highest BCUT2D eigenvalue weighted by molar-refractivity contribution is 6.42. The molecule has 7 heteroatoms. The molecule has 1 N–H and O–H groups in total. The first-order valence-electron chi connectivity index (χ1n) is 10.2. The Morgan fingerprint density at radius 3 is 2.56 bits per heavy atom. The van der Waals surface area contributed by atoms with Crippen molar-refractivity contribution in [3.05, 3.63) is 92.3 Å². The van der Waals surface area contributed by atoms with E-state index in [9.17, 15) is 4.79 Å². The van der Waals surface area contributed by atoms with Crippen molar-refractivity contribution in [3.63, 3.8) is 0 Å². The molecule has 4 aromatic rings. The van der Waals surface area contributed by atoms with Crippen LogP contribution in [0.15, 0.2) is 69.9 Å². The first-order valence-corrected chi connectivity index (χ1v) is 10.9. The Kier molecular flexibility index (Phi) is 5.55. The Hall–Kier alpha value is -2.99. The number of benzene rings is 3. The van der Waals surface area contributed by atoms with Crippen molar-refractivity contribution in [2.24, 2.45) is 0 Å². The number of hydrogen-bond donors (Lipinski definition) is 1. The van der Waals surface area contributed by atoms with Gasteiger partial charge in [0.25, 0.3) is 0 Å². The number of ether oxygens (including phenoxy) is 2. The van der Waals surface area contributed by atoms with Crippen molar-refractivity contribution in [2.45, 2.75) is 13.1 Å². The maximum Gasteiger partial charge on any atom is 0.336 e. The molecule has 1 aromatic heterocycles. The average Bonchev–Trinajstić information content (AvgIpc) is 2.81. The van der Waals surface area contributed by atoms with E-state index in [2.05, 4.69) is 0 Å². The van der Waals surface area contributed by atoms with Crippen LogP contribution in [0.25, 0.3) is 22.1 Å². The third kappa shape index (κ3) is 3.95. The monoisotopic (exact) mass is 468 g/mol. The van der Waals surface area contributed by atoms with E-state index in [1.54, 1.807) is 13.2 Å². The summed E-state index contributed by atoms with van der Waals surface area (Å²) in [6.07, 6.45) is 0. The maximum absolute atomic E-state index is 12.5. The zero-order valence-corrected chi connectivity index (χ0v) is 18.8. The summed E-state index contributed by atoms with van der Waals surface area (Å²) in [6.45, 7) is 1.86. The van der Waals surface area contributed by atoms with Crippen molar-refractivity contribution in [3.8, 4) is 22.6 Å². The predicted octanol–water partition coefficient (Wildman–Crippen LogP) is 4.71. The van der Waals surface area contributed by atoms with Gasteiger partial charge < -0.3 is 13.9 Å². The average molecular weight is 469 g/mol. The fourth-order valence-corrected chi connectivity index (χ4v) is 4.43. The molecule has 5 rings (SSSR count). The lowest BCUT2D eigenvalue weighted by Gasteiger charge is -2.26. The quantitative estimate of drug-likeness (QED) is 0.440. The molecule has 1 aliphatic heterocycles. The van der Waals surface area contributed by atoms with Gasteiger partial charge >= 0.3 is 5.63 Å². The summed E-state index contributed by atoms with van der Waals surface area (Å²) in [5.41, 5.74) is 3.84. The highest BCUT2D eigenvalue weighted by Crippen LogP contribution is 2.34. The number of methoxy groups -OCH3 is 1. The molecule has 32 heavy (non-hydrogen) atoms. The van der Waals surface area contributed by atoms with Gasteiger partial charge in [-0.05, 0) is 47.5 Å². The van der Waals surface area contributed by atoms with Gasteiger partial charge in [0.2, 0.25) is 6.73 Å². The van der Waals surface area contributed by atoms with Gasteiger partial charge in [-0.3, -0.25) is 4.90 Å². The first kappa shape index (κ1) is 20.9. The highest BCUT2D eigenvalue weighted by Gasteiger charge is 2.25. The van der Waals surface area contributed by atoms with Crippen LogP contribution < -0.4 is 20.0 Å². The molecule has 162 valence electrons. The molecular formula is C25H20Cl2NO4+. The minimum Gasteiger partial charge on any atom is -0.497 e. The Morgan fingerprint density at radius 2 is 1.81 bits per heavy atom. The van der Waals surface area contributed by atoms with Crippen LogP contribution in [-0.4, -0.2) is 13.8 Å². The zero-order valence-electron chi connectivity index (χ0n) is 17.3. The summed E-state index contributed by atoms with van der Waals surface area (Å²) in [5, 5.41) is 1.93. The molecule has 1 atom stereocenters. The molecular weight excluding hydrogens is 449 g/mol. The van der Waals surface area contributed by atoms with E-state index >= 15 is 0 Å². The van der Waals surface area contributed by atoms with Gasteiger partial charge in [0.05, 0.1) is 22.7 Å². The standard InChI is InChI=1S/C25H19Cl2NO4/c1-30-17-5-3-16(4-6-17)19-11-24(29)32-25-18(19)7-9-23-20(25)13-28(14-31-23)12-15-2-8-21(26)22(27)10-15/h2-11H,12-14H2,1H3/p+1. The Labute approximate surface area is 194 Å². The Balaban J connectivity index is 1.53. The van der Waals surface area contributed by atoms with E-state index in [1.165, 1.54) is 11.0 Å². The van der Waals surface area contributed by atoms with Crippen molar-refractivity contribution >= 4 is 34.2 Å². The van der Waals surface area contributed by atoms with Crippen molar-refractivity contribution < 1.29 is 18.8 Å². The number of hydrogen-bond acceptors (Lipinski definition) is 4. The van der Waals surface area contributed by atoms with Crippen LogP contribution in [0.5, 0.6) is 11.5 Å². The molecule has 1 aliphatic rings. The normalized spacial score (nSPS) is 15.3. The lowest BCUT2D eigenvalue weighted by molar-refractivity contribution is -0.945. The number of rotatable bonds is 4. The second-order valence-corrected chi connectivity index (χ2v) is 8.58. The molecule has 1 unspecified atom stereocenters. The van der Waals surface area contributed by atoms with Crippen molar-refractivity contribution in [2.75, 3.05) is 13.8 Å². The Morgan fingerprint density at radius 1 is 1.00 bits per heavy atom. The fraction of sp³-hybridized carbons (Fsp3) is 0.160. The smallest absolute Gasteiger partial charge is 0.336 e. The number of quaternary nitrogens is 1. The van der Waals surface area contributed by atoms with Gasteiger partial charge in [0.1, 0.15) is 24.6 Å². The molecule has 2 heterocycles. The van der Waals surface area contributed by atoms with Crippen molar-refractivity contribution in [1.82, 2.24) is 0 Å². The SMILES string of the molecule is COc1ccc(-c2cc(=O)oc3c4c(ccc23)OC[NH+](Cc2ccc(Cl)c(Cl)c2)C4)cc1. The maximum atomic E-state index is 12.5. The van der Waals surface area contributed by atoms with Gasteiger partial charge in [-0.25, -0.2) is 4.79 Å².